The molecule has 8 heteroatoms. The van der Waals surface area contributed by atoms with Gasteiger partial charge in [0.05, 0.1) is 16.4 Å². The number of carbonyl (C=O) groups excluding carboxylic acids is 2. The summed E-state index contributed by atoms with van der Waals surface area (Å²) in [5.74, 6) is -0.513. The van der Waals surface area contributed by atoms with Crippen molar-refractivity contribution in [2.75, 3.05) is 9.96 Å². The van der Waals surface area contributed by atoms with E-state index < -0.39 is 24.0 Å². The maximum Gasteiger partial charge on any atom is 0.266 e. The summed E-state index contributed by atoms with van der Waals surface area (Å²) >= 11 is 12.5. The number of imide groups is 1. The molecule has 0 spiro atoms. The van der Waals surface area contributed by atoms with E-state index in [1.54, 1.807) is 41.5 Å². The van der Waals surface area contributed by atoms with Gasteiger partial charge in [-0.1, -0.05) is 53.5 Å². The number of halogens is 2. The standard InChI is InChI=1S/C28H20Cl2N2O4/c1-16-6-5-9-19(14-16)31-27(33)24-25(32(36-26(24)28(31)34)18-7-3-2-4-8-18)23-13-12-22(35-23)20-11-10-17(29)15-21(20)30/h2-15,24-26H,1H3/t24-,25+,26-/m0/s1. The minimum Gasteiger partial charge on any atom is -0.459 e. The van der Waals surface area contributed by atoms with Crippen LogP contribution in [-0.2, 0) is 14.4 Å². The van der Waals surface area contributed by atoms with Gasteiger partial charge >= 0.3 is 0 Å². The molecule has 0 bridgehead atoms. The Hall–Kier alpha value is -3.58. The molecule has 0 radical (unpaired) electrons. The molecule has 0 aliphatic carbocycles. The summed E-state index contributed by atoms with van der Waals surface area (Å²) in [6, 6.07) is 24.7. The summed E-state index contributed by atoms with van der Waals surface area (Å²) in [6.45, 7) is 1.91. The van der Waals surface area contributed by atoms with Crippen LogP contribution in [0.25, 0.3) is 11.3 Å². The van der Waals surface area contributed by atoms with Crippen molar-refractivity contribution < 1.29 is 18.8 Å². The van der Waals surface area contributed by atoms with Crippen LogP contribution in [0.4, 0.5) is 11.4 Å². The van der Waals surface area contributed by atoms with E-state index in [-0.39, 0.29) is 5.91 Å². The van der Waals surface area contributed by atoms with Gasteiger partial charge in [0.2, 0.25) is 5.91 Å². The number of nitrogens with zero attached hydrogens (tertiary/aromatic N) is 2. The summed E-state index contributed by atoms with van der Waals surface area (Å²) in [6.07, 6.45) is -0.976. The first-order valence-corrected chi connectivity index (χ1v) is 12.2. The van der Waals surface area contributed by atoms with Crippen LogP contribution < -0.4 is 9.96 Å². The molecule has 180 valence electrons. The van der Waals surface area contributed by atoms with Crippen molar-refractivity contribution in [1.82, 2.24) is 0 Å². The molecule has 1 aromatic heterocycles. The average Bonchev–Trinajstić information content (AvgIpc) is 3.55. The number of para-hydroxylation sites is 1. The molecular formula is C28H20Cl2N2O4. The van der Waals surface area contributed by atoms with Crippen molar-refractivity contribution in [1.29, 1.82) is 0 Å². The normalized spacial score (nSPS) is 21.4. The van der Waals surface area contributed by atoms with Gasteiger partial charge in [0, 0.05) is 10.6 Å². The lowest BCUT2D eigenvalue weighted by Gasteiger charge is -2.27. The maximum absolute atomic E-state index is 13.8. The Labute approximate surface area is 217 Å². The molecule has 6 nitrogen and oxygen atoms in total. The lowest BCUT2D eigenvalue weighted by molar-refractivity contribution is -0.126. The molecule has 2 saturated heterocycles. The van der Waals surface area contributed by atoms with E-state index in [9.17, 15) is 9.59 Å². The summed E-state index contributed by atoms with van der Waals surface area (Å²) in [4.78, 5) is 34.6. The lowest BCUT2D eigenvalue weighted by atomic mass is 9.94. The van der Waals surface area contributed by atoms with Crippen molar-refractivity contribution in [3.8, 4) is 11.3 Å². The van der Waals surface area contributed by atoms with Crippen LogP contribution in [0.15, 0.2) is 89.3 Å². The Morgan fingerprint density at radius 1 is 0.806 bits per heavy atom. The lowest BCUT2D eigenvalue weighted by Crippen LogP contribution is -2.37. The fourth-order valence-electron chi connectivity index (χ4n) is 4.87. The first kappa shape index (κ1) is 22.9. The summed E-state index contributed by atoms with van der Waals surface area (Å²) in [5, 5.41) is 2.57. The summed E-state index contributed by atoms with van der Waals surface area (Å²) < 4.78 is 6.25. The molecule has 3 aromatic carbocycles. The van der Waals surface area contributed by atoms with Gasteiger partial charge < -0.3 is 4.42 Å². The summed E-state index contributed by atoms with van der Waals surface area (Å²) in [7, 11) is 0. The van der Waals surface area contributed by atoms with Crippen LogP contribution in [0.5, 0.6) is 0 Å². The van der Waals surface area contributed by atoms with Crippen molar-refractivity contribution in [3.05, 3.63) is 106 Å². The molecule has 0 saturated carbocycles. The zero-order chi connectivity index (χ0) is 25.0. The van der Waals surface area contributed by atoms with Crippen molar-refractivity contribution in [2.24, 2.45) is 5.92 Å². The van der Waals surface area contributed by atoms with E-state index in [4.69, 9.17) is 32.5 Å². The van der Waals surface area contributed by atoms with Gasteiger partial charge in [-0.15, -0.1) is 0 Å². The zero-order valence-electron chi connectivity index (χ0n) is 19.1. The van der Waals surface area contributed by atoms with Crippen LogP contribution in [0, 0.1) is 12.8 Å². The SMILES string of the molecule is Cc1cccc(N2C(=O)[C@@H]3[C@H](ON(c4ccccc4)[C@@H]3c3ccc(-c4ccc(Cl)cc4Cl)o3)C2=O)c1. The number of anilines is 2. The third kappa shape index (κ3) is 3.69. The van der Waals surface area contributed by atoms with E-state index in [0.717, 1.165) is 5.56 Å². The van der Waals surface area contributed by atoms with E-state index >= 15 is 0 Å². The smallest absolute Gasteiger partial charge is 0.266 e. The molecule has 36 heavy (non-hydrogen) atoms. The van der Waals surface area contributed by atoms with Gasteiger partial charge in [-0.3, -0.25) is 14.4 Å². The molecule has 6 rings (SSSR count). The second-order valence-corrected chi connectivity index (χ2v) is 9.68. The van der Waals surface area contributed by atoms with E-state index in [1.807, 2.05) is 55.5 Å². The molecule has 3 heterocycles. The van der Waals surface area contributed by atoms with Crippen LogP contribution in [0.3, 0.4) is 0 Å². The van der Waals surface area contributed by atoms with Gasteiger partial charge in [0.25, 0.3) is 5.91 Å². The molecule has 2 amide bonds. The van der Waals surface area contributed by atoms with Crippen LogP contribution in [0.2, 0.25) is 10.0 Å². The maximum atomic E-state index is 13.8. The minimum absolute atomic E-state index is 0.332. The second-order valence-electron chi connectivity index (χ2n) is 8.84. The molecule has 4 aromatic rings. The predicted octanol–water partition coefficient (Wildman–Crippen LogP) is 6.61. The molecule has 3 atom stereocenters. The monoisotopic (exact) mass is 518 g/mol. The molecule has 2 aliphatic rings. The first-order chi connectivity index (χ1) is 17.4. The predicted molar refractivity (Wildman–Crippen MR) is 138 cm³/mol. The second kappa shape index (κ2) is 8.82. The Balaban J connectivity index is 1.43. The van der Waals surface area contributed by atoms with Gasteiger partial charge in [0.15, 0.2) is 6.10 Å². The Morgan fingerprint density at radius 3 is 2.33 bits per heavy atom. The third-order valence-electron chi connectivity index (χ3n) is 6.50. The van der Waals surface area contributed by atoms with E-state index in [2.05, 4.69) is 0 Å². The van der Waals surface area contributed by atoms with Gasteiger partial charge in [-0.25, -0.2) is 9.96 Å². The van der Waals surface area contributed by atoms with Gasteiger partial charge in [-0.05, 0) is 67.1 Å². The summed E-state index contributed by atoms with van der Waals surface area (Å²) in [5.41, 5.74) is 2.86. The Bertz CT molecular complexity index is 1490. The number of hydrogen-bond acceptors (Lipinski definition) is 5. The molecular weight excluding hydrogens is 499 g/mol. The molecule has 0 unspecified atom stereocenters. The fourth-order valence-corrected chi connectivity index (χ4v) is 5.37. The average molecular weight is 519 g/mol. The first-order valence-electron chi connectivity index (χ1n) is 11.4. The largest absolute Gasteiger partial charge is 0.459 e. The number of carbonyl (C=O) groups is 2. The van der Waals surface area contributed by atoms with Crippen molar-refractivity contribution in [2.45, 2.75) is 19.1 Å². The number of benzene rings is 3. The number of rotatable bonds is 4. The number of hydroxylamine groups is 1. The van der Waals surface area contributed by atoms with Crippen LogP contribution in [-0.4, -0.2) is 17.9 Å². The minimum atomic E-state index is -0.976. The number of amides is 2. The quantitative estimate of drug-likeness (QED) is 0.284. The van der Waals surface area contributed by atoms with Crippen LogP contribution >= 0.6 is 23.2 Å². The van der Waals surface area contributed by atoms with Crippen molar-refractivity contribution in [3.63, 3.8) is 0 Å². The Kier molecular flexibility index (Phi) is 5.60. The highest BCUT2D eigenvalue weighted by Gasteiger charge is 2.61. The molecule has 2 fully saturated rings. The Morgan fingerprint density at radius 2 is 1.58 bits per heavy atom. The third-order valence-corrected chi connectivity index (χ3v) is 7.05. The number of aryl methyl sites for hydroxylation is 1. The van der Waals surface area contributed by atoms with E-state index in [1.165, 1.54) is 4.90 Å². The van der Waals surface area contributed by atoms with Gasteiger partial charge in [-0.2, -0.15) is 0 Å². The number of hydrogen-bond donors (Lipinski definition) is 0. The zero-order valence-corrected chi connectivity index (χ0v) is 20.6. The van der Waals surface area contributed by atoms with E-state index in [0.29, 0.717) is 38.5 Å². The number of fused-ring (bicyclic) bond motifs is 1. The number of furan rings is 1. The fraction of sp³-hybridized carbons (Fsp3) is 0.143. The van der Waals surface area contributed by atoms with Gasteiger partial charge in [0.1, 0.15) is 23.5 Å². The highest BCUT2D eigenvalue weighted by Crippen LogP contribution is 2.48. The topological polar surface area (TPSA) is 63.0 Å². The molecule has 2 aliphatic heterocycles. The highest BCUT2D eigenvalue weighted by molar-refractivity contribution is 6.36. The van der Waals surface area contributed by atoms with Crippen LogP contribution in [0.1, 0.15) is 17.4 Å². The van der Waals surface area contributed by atoms with Crippen molar-refractivity contribution >= 4 is 46.4 Å². The molecule has 0 N–H and O–H groups in total. The highest BCUT2D eigenvalue weighted by atomic mass is 35.5.